The molecule has 15 heavy (non-hydrogen) atoms. The molecular weight excluding hydrogens is 195 g/mol. The van der Waals surface area contributed by atoms with E-state index in [1.165, 1.54) is 6.07 Å². The molecule has 78 valence electrons. The summed E-state index contributed by atoms with van der Waals surface area (Å²) >= 11 is 0. The molecule has 0 radical (unpaired) electrons. The maximum Gasteiger partial charge on any atom is 0.147 e. The van der Waals surface area contributed by atoms with E-state index in [0.29, 0.717) is 11.3 Å². The molecule has 1 aliphatic carbocycles. The Kier molecular flexibility index (Phi) is 2.57. The number of hydrogen-bond donors (Lipinski definition) is 2. The minimum absolute atomic E-state index is 0.134. The molecule has 1 aromatic rings. The average Bonchev–Trinajstić information content (AvgIpc) is 2.99. The zero-order valence-electron chi connectivity index (χ0n) is 8.07. The molecule has 0 aromatic heterocycles. The van der Waals surface area contributed by atoms with E-state index >= 15 is 0 Å². The van der Waals surface area contributed by atoms with Crippen LogP contribution >= 0.6 is 0 Å². The minimum atomic E-state index is -0.419. The van der Waals surface area contributed by atoms with Crippen LogP contribution in [0.2, 0.25) is 0 Å². The lowest BCUT2D eigenvalue weighted by Crippen LogP contribution is -2.07. The second kappa shape index (κ2) is 3.87. The van der Waals surface area contributed by atoms with Crippen LogP contribution in [0.15, 0.2) is 18.2 Å². The summed E-state index contributed by atoms with van der Waals surface area (Å²) in [6.07, 6.45) is 0.871. The van der Waals surface area contributed by atoms with Crippen molar-refractivity contribution < 1.29 is 9.50 Å². The third kappa shape index (κ3) is 2.08. The number of aliphatic hydroxyl groups is 1. The van der Waals surface area contributed by atoms with Gasteiger partial charge in [-0.05, 0) is 24.6 Å². The van der Waals surface area contributed by atoms with E-state index in [2.05, 4.69) is 5.32 Å². The molecule has 2 rings (SSSR count). The maximum atomic E-state index is 13.4. The first-order chi connectivity index (χ1) is 7.24. The lowest BCUT2D eigenvalue weighted by molar-refractivity contribution is 0.275. The van der Waals surface area contributed by atoms with Gasteiger partial charge in [0.1, 0.15) is 5.82 Å². The fourth-order valence-corrected chi connectivity index (χ4v) is 1.53. The molecule has 0 saturated heterocycles. The fourth-order valence-electron chi connectivity index (χ4n) is 1.53. The Labute approximate surface area is 87.2 Å². The fraction of sp³-hybridized carbons (Fsp3) is 0.364. The second-order valence-corrected chi connectivity index (χ2v) is 3.74. The Balaban J connectivity index is 2.07. The van der Waals surface area contributed by atoms with Gasteiger partial charge < -0.3 is 10.4 Å². The lowest BCUT2D eigenvalue weighted by atomic mass is 10.2. The third-order valence-electron chi connectivity index (χ3n) is 2.60. The molecule has 0 spiro atoms. The number of benzene rings is 1. The highest BCUT2D eigenvalue weighted by molar-refractivity contribution is 5.50. The molecule has 0 bridgehead atoms. The number of hydrogen-bond acceptors (Lipinski definition) is 3. The molecule has 1 saturated carbocycles. The lowest BCUT2D eigenvalue weighted by Gasteiger charge is -2.06. The summed E-state index contributed by atoms with van der Waals surface area (Å²) in [6.45, 7) is 0.134. The van der Waals surface area contributed by atoms with Crippen LogP contribution in [0.5, 0.6) is 0 Å². The highest BCUT2D eigenvalue weighted by Gasteiger charge is 2.36. The standard InChI is InChI=1S/C11H11FN2O/c12-9-3-7(5-13)1-2-10(9)14-11-4-8(11)6-15/h1-3,8,11,14-15H,4,6H2/t8-,11+/m0/s1. The van der Waals surface area contributed by atoms with Crippen LogP contribution in [0.1, 0.15) is 12.0 Å². The molecule has 2 atom stereocenters. The Morgan fingerprint density at radius 1 is 1.60 bits per heavy atom. The Morgan fingerprint density at radius 2 is 2.40 bits per heavy atom. The summed E-state index contributed by atoms with van der Waals surface area (Å²) in [5, 5.41) is 20.4. The zero-order valence-corrected chi connectivity index (χ0v) is 8.07. The predicted molar refractivity (Wildman–Crippen MR) is 53.7 cm³/mol. The van der Waals surface area contributed by atoms with Gasteiger partial charge in [0.25, 0.3) is 0 Å². The summed E-state index contributed by atoms with van der Waals surface area (Å²) in [6, 6.07) is 6.37. The van der Waals surface area contributed by atoms with Crippen molar-refractivity contribution in [3.63, 3.8) is 0 Å². The van der Waals surface area contributed by atoms with Crippen LogP contribution in [0, 0.1) is 23.1 Å². The number of anilines is 1. The van der Waals surface area contributed by atoms with Gasteiger partial charge in [-0.2, -0.15) is 5.26 Å². The number of nitrogens with zero attached hydrogens (tertiary/aromatic N) is 1. The van der Waals surface area contributed by atoms with Crippen LogP contribution in [-0.2, 0) is 0 Å². The number of nitriles is 1. The van der Waals surface area contributed by atoms with Gasteiger partial charge in [-0.15, -0.1) is 0 Å². The minimum Gasteiger partial charge on any atom is -0.396 e. The van der Waals surface area contributed by atoms with Crippen molar-refractivity contribution in [3.8, 4) is 6.07 Å². The predicted octanol–water partition coefficient (Wildman–Crippen LogP) is 1.49. The van der Waals surface area contributed by atoms with Crippen molar-refractivity contribution in [2.24, 2.45) is 5.92 Å². The molecule has 1 fully saturated rings. The first-order valence-electron chi connectivity index (χ1n) is 4.81. The van der Waals surface area contributed by atoms with Crippen LogP contribution in [0.4, 0.5) is 10.1 Å². The number of halogens is 1. The summed E-state index contributed by atoms with van der Waals surface area (Å²) < 4.78 is 13.4. The molecule has 1 aliphatic rings. The summed E-state index contributed by atoms with van der Waals surface area (Å²) in [5.74, 6) is -0.183. The Morgan fingerprint density at radius 3 is 2.93 bits per heavy atom. The van der Waals surface area contributed by atoms with Crippen LogP contribution in [0.25, 0.3) is 0 Å². The van der Waals surface area contributed by atoms with E-state index in [9.17, 15) is 4.39 Å². The van der Waals surface area contributed by atoms with Crippen LogP contribution in [0.3, 0.4) is 0 Å². The van der Waals surface area contributed by atoms with E-state index in [4.69, 9.17) is 10.4 Å². The van der Waals surface area contributed by atoms with E-state index in [-0.39, 0.29) is 18.6 Å². The van der Waals surface area contributed by atoms with Crippen molar-refractivity contribution in [1.29, 1.82) is 5.26 Å². The van der Waals surface area contributed by atoms with Crippen molar-refractivity contribution in [2.75, 3.05) is 11.9 Å². The highest BCUT2D eigenvalue weighted by atomic mass is 19.1. The molecule has 0 heterocycles. The van der Waals surface area contributed by atoms with Gasteiger partial charge in [0.2, 0.25) is 0 Å². The summed E-state index contributed by atoms with van der Waals surface area (Å²) in [7, 11) is 0. The first kappa shape index (κ1) is 9.94. The van der Waals surface area contributed by atoms with Gasteiger partial charge in [0.05, 0.1) is 17.3 Å². The van der Waals surface area contributed by atoms with E-state index < -0.39 is 5.82 Å². The van der Waals surface area contributed by atoms with Gasteiger partial charge >= 0.3 is 0 Å². The van der Waals surface area contributed by atoms with Crippen molar-refractivity contribution in [3.05, 3.63) is 29.6 Å². The topological polar surface area (TPSA) is 56.0 Å². The Hall–Kier alpha value is -1.60. The quantitative estimate of drug-likeness (QED) is 0.787. The molecule has 1 aromatic carbocycles. The second-order valence-electron chi connectivity index (χ2n) is 3.74. The SMILES string of the molecule is N#Cc1ccc(N[C@@H]2C[C@H]2CO)c(F)c1. The summed E-state index contributed by atoms with van der Waals surface area (Å²) in [4.78, 5) is 0. The third-order valence-corrected chi connectivity index (χ3v) is 2.60. The van der Waals surface area contributed by atoms with Gasteiger partial charge in [0.15, 0.2) is 0 Å². The molecule has 0 amide bonds. The monoisotopic (exact) mass is 206 g/mol. The van der Waals surface area contributed by atoms with E-state index in [1.54, 1.807) is 12.1 Å². The van der Waals surface area contributed by atoms with Gasteiger partial charge in [-0.25, -0.2) is 4.39 Å². The van der Waals surface area contributed by atoms with Crippen molar-refractivity contribution in [1.82, 2.24) is 0 Å². The van der Waals surface area contributed by atoms with E-state index in [1.807, 2.05) is 6.07 Å². The number of aliphatic hydroxyl groups excluding tert-OH is 1. The Bertz CT molecular complexity index is 414. The van der Waals surface area contributed by atoms with Gasteiger partial charge in [0, 0.05) is 18.6 Å². The largest absolute Gasteiger partial charge is 0.396 e. The molecule has 0 unspecified atom stereocenters. The molecular formula is C11H11FN2O. The number of nitrogens with one attached hydrogen (secondary N) is 1. The van der Waals surface area contributed by atoms with Crippen molar-refractivity contribution >= 4 is 5.69 Å². The van der Waals surface area contributed by atoms with Crippen molar-refractivity contribution in [2.45, 2.75) is 12.5 Å². The normalized spacial score (nSPS) is 23.3. The molecule has 2 N–H and O–H groups in total. The average molecular weight is 206 g/mol. The molecule has 0 aliphatic heterocycles. The van der Waals surface area contributed by atoms with Gasteiger partial charge in [-0.1, -0.05) is 0 Å². The van der Waals surface area contributed by atoms with Gasteiger partial charge in [-0.3, -0.25) is 0 Å². The number of rotatable bonds is 3. The highest BCUT2D eigenvalue weighted by Crippen LogP contribution is 2.33. The van der Waals surface area contributed by atoms with Crippen LogP contribution < -0.4 is 5.32 Å². The first-order valence-corrected chi connectivity index (χ1v) is 4.81. The van der Waals surface area contributed by atoms with Crippen LogP contribution in [-0.4, -0.2) is 17.8 Å². The van der Waals surface area contributed by atoms with E-state index in [0.717, 1.165) is 6.42 Å². The maximum absolute atomic E-state index is 13.4. The smallest absolute Gasteiger partial charge is 0.147 e. The molecule has 3 nitrogen and oxygen atoms in total. The molecule has 4 heteroatoms. The zero-order chi connectivity index (χ0) is 10.8. The summed E-state index contributed by atoms with van der Waals surface area (Å²) in [5.41, 5.74) is 0.711.